The van der Waals surface area contributed by atoms with Crippen LogP contribution in [0.3, 0.4) is 0 Å². The van der Waals surface area contributed by atoms with Crippen molar-refractivity contribution in [2.24, 2.45) is 0 Å². The van der Waals surface area contributed by atoms with E-state index in [0.29, 0.717) is 30.4 Å². The SMILES string of the molecule is COc1ccc(COC(=O)C2=C(C)NC3=C(C2)C(=O)CC(c2ccccc2OC)C3)cc1C. The third kappa shape index (κ3) is 4.65. The molecule has 2 aromatic carbocycles. The van der Waals surface area contributed by atoms with Gasteiger partial charge in [-0.2, -0.15) is 0 Å². The van der Waals surface area contributed by atoms with Crippen LogP contribution in [0.2, 0.25) is 0 Å². The van der Waals surface area contributed by atoms with Crippen LogP contribution in [0, 0.1) is 6.92 Å². The summed E-state index contributed by atoms with van der Waals surface area (Å²) in [4.78, 5) is 25.9. The van der Waals surface area contributed by atoms with Gasteiger partial charge in [0.15, 0.2) is 5.78 Å². The average Bonchev–Trinajstić information content (AvgIpc) is 2.82. The quantitative estimate of drug-likeness (QED) is 0.646. The van der Waals surface area contributed by atoms with Gasteiger partial charge in [-0.3, -0.25) is 4.79 Å². The summed E-state index contributed by atoms with van der Waals surface area (Å²) in [6.45, 7) is 3.97. The fourth-order valence-electron chi connectivity index (χ4n) is 4.62. The summed E-state index contributed by atoms with van der Waals surface area (Å²) in [7, 11) is 3.27. The second kappa shape index (κ2) is 9.53. The molecule has 0 spiro atoms. The number of hydrogen-bond acceptors (Lipinski definition) is 6. The summed E-state index contributed by atoms with van der Waals surface area (Å²) in [6.07, 6.45) is 1.39. The molecule has 0 fully saturated rings. The summed E-state index contributed by atoms with van der Waals surface area (Å²) in [6, 6.07) is 13.5. The number of rotatable bonds is 6. The summed E-state index contributed by atoms with van der Waals surface area (Å²) < 4.78 is 16.3. The van der Waals surface area contributed by atoms with Crippen molar-refractivity contribution in [3.63, 3.8) is 0 Å². The Morgan fingerprint density at radius 3 is 2.52 bits per heavy atom. The maximum atomic E-state index is 13.0. The molecule has 2 aliphatic rings. The lowest BCUT2D eigenvalue weighted by molar-refractivity contribution is -0.140. The Morgan fingerprint density at radius 2 is 1.79 bits per heavy atom. The van der Waals surface area contributed by atoms with E-state index in [1.807, 2.05) is 56.3 Å². The molecule has 1 aliphatic heterocycles. The molecular formula is C27H29NO5. The van der Waals surface area contributed by atoms with Gasteiger partial charge < -0.3 is 19.5 Å². The van der Waals surface area contributed by atoms with E-state index in [2.05, 4.69) is 5.32 Å². The number of carbonyl (C=O) groups excluding carboxylic acids is 2. The first-order valence-corrected chi connectivity index (χ1v) is 11.1. The molecule has 0 amide bonds. The zero-order valence-corrected chi connectivity index (χ0v) is 19.5. The number of ether oxygens (including phenoxy) is 3. The van der Waals surface area contributed by atoms with Crippen LogP contribution < -0.4 is 14.8 Å². The number of methoxy groups -OCH3 is 2. The van der Waals surface area contributed by atoms with Crippen LogP contribution in [0.15, 0.2) is 65.0 Å². The van der Waals surface area contributed by atoms with Gasteiger partial charge >= 0.3 is 5.97 Å². The Labute approximate surface area is 194 Å². The van der Waals surface area contributed by atoms with E-state index in [0.717, 1.165) is 39.6 Å². The van der Waals surface area contributed by atoms with Crippen molar-refractivity contribution in [1.82, 2.24) is 5.32 Å². The van der Waals surface area contributed by atoms with E-state index >= 15 is 0 Å². The molecule has 33 heavy (non-hydrogen) atoms. The highest BCUT2D eigenvalue weighted by molar-refractivity contribution is 6.01. The predicted molar refractivity (Wildman–Crippen MR) is 125 cm³/mol. The molecule has 1 aliphatic carbocycles. The van der Waals surface area contributed by atoms with Gasteiger partial charge in [0.2, 0.25) is 0 Å². The smallest absolute Gasteiger partial charge is 0.336 e. The normalized spacial score (nSPS) is 17.9. The Bertz CT molecular complexity index is 1160. The number of aryl methyl sites for hydroxylation is 1. The van der Waals surface area contributed by atoms with Crippen molar-refractivity contribution < 1.29 is 23.8 Å². The van der Waals surface area contributed by atoms with Crippen LogP contribution in [0.1, 0.15) is 48.8 Å². The summed E-state index contributed by atoms with van der Waals surface area (Å²) in [5.74, 6) is 1.28. The third-order valence-electron chi connectivity index (χ3n) is 6.38. The lowest BCUT2D eigenvalue weighted by atomic mass is 9.78. The molecule has 4 rings (SSSR count). The highest BCUT2D eigenvalue weighted by Crippen LogP contribution is 2.41. The first kappa shape index (κ1) is 22.6. The maximum Gasteiger partial charge on any atom is 0.336 e. The van der Waals surface area contributed by atoms with Crippen molar-refractivity contribution in [3.05, 3.63) is 81.7 Å². The van der Waals surface area contributed by atoms with Crippen LogP contribution in [0.5, 0.6) is 11.5 Å². The number of para-hydroxylation sites is 1. The zero-order chi connectivity index (χ0) is 23.5. The molecule has 1 unspecified atom stereocenters. The monoisotopic (exact) mass is 447 g/mol. The molecule has 1 N–H and O–H groups in total. The molecule has 6 nitrogen and oxygen atoms in total. The van der Waals surface area contributed by atoms with Gasteiger partial charge in [0.05, 0.1) is 19.8 Å². The van der Waals surface area contributed by atoms with Crippen LogP contribution in [-0.2, 0) is 20.9 Å². The van der Waals surface area contributed by atoms with Crippen LogP contribution in [0.4, 0.5) is 0 Å². The maximum absolute atomic E-state index is 13.0. The van der Waals surface area contributed by atoms with Crippen molar-refractivity contribution in [2.45, 2.75) is 45.6 Å². The number of dihydropyridines is 1. The minimum atomic E-state index is -0.403. The van der Waals surface area contributed by atoms with Crippen LogP contribution >= 0.6 is 0 Å². The molecule has 6 heteroatoms. The van der Waals surface area contributed by atoms with Gasteiger partial charge in [-0.1, -0.05) is 24.3 Å². The van der Waals surface area contributed by atoms with Crippen LogP contribution in [-0.4, -0.2) is 26.0 Å². The number of nitrogens with one attached hydrogen (secondary N) is 1. The van der Waals surface area contributed by atoms with E-state index in [1.165, 1.54) is 0 Å². The second-order valence-electron chi connectivity index (χ2n) is 8.51. The minimum absolute atomic E-state index is 0.0412. The number of carbonyl (C=O) groups is 2. The Morgan fingerprint density at radius 1 is 1.03 bits per heavy atom. The van der Waals surface area contributed by atoms with Gasteiger partial charge in [0.25, 0.3) is 0 Å². The molecular weight excluding hydrogens is 418 g/mol. The lowest BCUT2D eigenvalue weighted by Crippen LogP contribution is -2.31. The van der Waals surface area contributed by atoms with Crippen LogP contribution in [0.25, 0.3) is 0 Å². The summed E-state index contributed by atoms with van der Waals surface area (Å²) in [5, 5.41) is 3.32. The number of hydrogen-bond donors (Lipinski definition) is 1. The third-order valence-corrected chi connectivity index (χ3v) is 6.38. The molecule has 1 atom stereocenters. The molecule has 0 bridgehead atoms. The van der Waals surface area contributed by atoms with E-state index in [-0.39, 0.29) is 18.3 Å². The largest absolute Gasteiger partial charge is 0.496 e. The molecule has 1 heterocycles. The highest BCUT2D eigenvalue weighted by atomic mass is 16.5. The lowest BCUT2D eigenvalue weighted by Gasteiger charge is -2.32. The van der Waals surface area contributed by atoms with E-state index < -0.39 is 5.97 Å². The Hall–Kier alpha value is -3.54. The van der Waals surface area contributed by atoms with E-state index in [1.54, 1.807) is 14.2 Å². The first-order chi connectivity index (χ1) is 15.9. The van der Waals surface area contributed by atoms with Crippen molar-refractivity contribution in [3.8, 4) is 11.5 Å². The fraction of sp³-hybridized carbons (Fsp3) is 0.333. The van der Waals surface area contributed by atoms with Gasteiger partial charge in [0.1, 0.15) is 18.1 Å². The number of allylic oxidation sites excluding steroid dienone is 3. The van der Waals surface area contributed by atoms with E-state index in [9.17, 15) is 9.59 Å². The first-order valence-electron chi connectivity index (χ1n) is 11.1. The number of Topliss-reactive ketones (excluding diaryl/α,β-unsaturated/α-hetero) is 1. The molecule has 2 aromatic rings. The van der Waals surface area contributed by atoms with Gasteiger partial charge in [-0.05, 0) is 55.2 Å². The van der Waals surface area contributed by atoms with Crippen molar-refractivity contribution in [2.75, 3.05) is 14.2 Å². The average molecular weight is 448 g/mol. The molecule has 172 valence electrons. The van der Waals surface area contributed by atoms with Gasteiger partial charge in [-0.25, -0.2) is 4.79 Å². The summed E-state index contributed by atoms with van der Waals surface area (Å²) >= 11 is 0. The second-order valence-corrected chi connectivity index (χ2v) is 8.51. The van der Waals surface area contributed by atoms with Gasteiger partial charge in [0, 0.05) is 35.7 Å². The summed E-state index contributed by atoms with van der Waals surface area (Å²) in [5.41, 5.74) is 5.70. The zero-order valence-electron chi connectivity index (χ0n) is 19.5. The fourth-order valence-corrected chi connectivity index (χ4v) is 4.62. The Balaban J connectivity index is 1.45. The van der Waals surface area contributed by atoms with Crippen molar-refractivity contribution >= 4 is 11.8 Å². The minimum Gasteiger partial charge on any atom is -0.496 e. The molecule has 0 saturated carbocycles. The highest BCUT2D eigenvalue weighted by Gasteiger charge is 2.34. The van der Waals surface area contributed by atoms with Crippen molar-refractivity contribution in [1.29, 1.82) is 0 Å². The topological polar surface area (TPSA) is 73.9 Å². The predicted octanol–water partition coefficient (Wildman–Crippen LogP) is 4.72. The number of benzene rings is 2. The standard InChI is InChI=1S/C27H29NO5/c1-16-11-18(9-10-25(16)31-3)15-33-27(30)21-14-22-23(28-17(21)2)12-19(13-24(22)29)20-7-5-6-8-26(20)32-4/h5-11,19,28H,12-15H2,1-4H3. The Kier molecular flexibility index (Phi) is 6.54. The molecule has 0 aromatic heterocycles. The number of esters is 1. The molecule has 0 radical (unpaired) electrons. The number of ketones is 1. The molecule has 0 saturated heterocycles. The van der Waals surface area contributed by atoms with Gasteiger partial charge in [-0.15, -0.1) is 0 Å². The van der Waals surface area contributed by atoms with E-state index in [4.69, 9.17) is 14.2 Å².